The molecule has 0 atom stereocenters. The predicted octanol–water partition coefficient (Wildman–Crippen LogP) is 2.66. The highest BCUT2D eigenvalue weighted by molar-refractivity contribution is 7.98. The molecule has 3 rings (SSSR count). The fourth-order valence-corrected chi connectivity index (χ4v) is 3.63. The van der Waals surface area contributed by atoms with Gasteiger partial charge in [-0.2, -0.15) is 16.9 Å². The zero-order chi connectivity index (χ0) is 19.2. The number of amides is 1. The fourth-order valence-electron chi connectivity index (χ4n) is 2.78. The van der Waals surface area contributed by atoms with Gasteiger partial charge in [-0.1, -0.05) is 36.4 Å². The Balaban J connectivity index is 1.53. The van der Waals surface area contributed by atoms with Crippen LogP contribution in [0.3, 0.4) is 0 Å². The zero-order valence-corrected chi connectivity index (χ0v) is 15.8. The van der Waals surface area contributed by atoms with Crippen LogP contribution >= 0.6 is 11.8 Å². The number of hydrogen-bond acceptors (Lipinski definition) is 4. The van der Waals surface area contributed by atoms with E-state index >= 15 is 0 Å². The van der Waals surface area contributed by atoms with Gasteiger partial charge in [0, 0.05) is 30.5 Å². The molecule has 7 heteroatoms. The quantitative estimate of drug-likeness (QED) is 0.635. The molecule has 0 aliphatic heterocycles. The smallest absolute Gasteiger partial charge is 0.274 e. The van der Waals surface area contributed by atoms with Gasteiger partial charge in [-0.05, 0) is 17.7 Å². The van der Waals surface area contributed by atoms with Crippen LogP contribution in [0.15, 0.2) is 53.3 Å². The summed E-state index contributed by atoms with van der Waals surface area (Å²) in [5.41, 5.74) is 1.05. The average molecular weight is 385 g/mol. The van der Waals surface area contributed by atoms with Crippen LogP contribution < -0.4 is 10.9 Å². The standard InChI is InChI=1S/C20H20FN3O2S/c1-24-20(26)16-8-4-3-7-15(16)18(23-24)12-19(25)22-10-11-27-13-14-6-2-5-9-17(14)21/h2-9H,10-13H2,1H3,(H,22,25). The third kappa shape index (κ3) is 4.74. The van der Waals surface area contributed by atoms with E-state index in [1.807, 2.05) is 12.1 Å². The lowest BCUT2D eigenvalue weighted by Crippen LogP contribution is -2.29. The van der Waals surface area contributed by atoms with Crippen molar-refractivity contribution in [3.05, 3.63) is 76.0 Å². The van der Waals surface area contributed by atoms with E-state index in [0.717, 1.165) is 0 Å². The van der Waals surface area contributed by atoms with Crippen LogP contribution in [0.4, 0.5) is 4.39 Å². The lowest BCUT2D eigenvalue weighted by atomic mass is 10.1. The number of benzene rings is 2. The van der Waals surface area contributed by atoms with Crippen molar-refractivity contribution in [2.24, 2.45) is 7.05 Å². The molecule has 2 aromatic carbocycles. The first-order chi connectivity index (χ1) is 13.1. The molecule has 1 N–H and O–H groups in total. The molecule has 0 aliphatic rings. The van der Waals surface area contributed by atoms with Crippen molar-refractivity contribution in [2.75, 3.05) is 12.3 Å². The van der Waals surface area contributed by atoms with Gasteiger partial charge in [0.05, 0.1) is 17.5 Å². The topological polar surface area (TPSA) is 64.0 Å². The van der Waals surface area contributed by atoms with Crippen molar-refractivity contribution in [3.63, 3.8) is 0 Å². The van der Waals surface area contributed by atoms with Gasteiger partial charge in [0.2, 0.25) is 5.91 Å². The third-order valence-corrected chi connectivity index (χ3v) is 5.15. The number of halogens is 1. The van der Waals surface area contributed by atoms with Gasteiger partial charge in [-0.15, -0.1) is 0 Å². The summed E-state index contributed by atoms with van der Waals surface area (Å²) in [6.45, 7) is 0.488. The number of thioether (sulfide) groups is 1. The maximum Gasteiger partial charge on any atom is 0.274 e. The predicted molar refractivity (Wildman–Crippen MR) is 106 cm³/mol. The molecule has 0 bridgehead atoms. The lowest BCUT2D eigenvalue weighted by molar-refractivity contribution is -0.120. The number of carbonyl (C=O) groups is 1. The van der Waals surface area contributed by atoms with Crippen LogP contribution in [-0.4, -0.2) is 28.0 Å². The summed E-state index contributed by atoms with van der Waals surface area (Å²) in [4.78, 5) is 24.4. The number of rotatable bonds is 7. The Morgan fingerprint density at radius 2 is 1.85 bits per heavy atom. The highest BCUT2D eigenvalue weighted by atomic mass is 32.2. The third-order valence-electron chi connectivity index (χ3n) is 4.14. The Morgan fingerprint density at radius 1 is 1.15 bits per heavy atom. The monoisotopic (exact) mass is 385 g/mol. The second kappa shape index (κ2) is 8.81. The molecular formula is C20H20FN3O2S. The van der Waals surface area contributed by atoms with Gasteiger partial charge >= 0.3 is 0 Å². The molecule has 27 heavy (non-hydrogen) atoms. The highest BCUT2D eigenvalue weighted by Crippen LogP contribution is 2.15. The van der Waals surface area contributed by atoms with E-state index in [0.29, 0.717) is 40.1 Å². The van der Waals surface area contributed by atoms with Crippen molar-refractivity contribution >= 4 is 28.4 Å². The molecule has 0 fully saturated rings. The second-order valence-corrected chi connectivity index (χ2v) is 7.20. The van der Waals surface area contributed by atoms with Crippen molar-refractivity contribution < 1.29 is 9.18 Å². The van der Waals surface area contributed by atoms with Crippen molar-refractivity contribution in [1.82, 2.24) is 15.1 Å². The van der Waals surface area contributed by atoms with Crippen LogP contribution in [0.2, 0.25) is 0 Å². The first-order valence-electron chi connectivity index (χ1n) is 8.59. The minimum atomic E-state index is -0.207. The SMILES string of the molecule is Cn1nc(CC(=O)NCCSCc2ccccc2F)c2ccccc2c1=O. The molecule has 0 unspecified atom stereocenters. The number of aromatic nitrogens is 2. The van der Waals surface area contributed by atoms with Crippen molar-refractivity contribution in [3.8, 4) is 0 Å². The molecule has 0 aliphatic carbocycles. The maximum absolute atomic E-state index is 13.5. The summed E-state index contributed by atoms with van der Waals surface area (Å²) in [5.74, 6) is 0.885. The number of fused-ring (bicyclic) bond motifs is 1. The van der Waals surface area contributed by atoms with Crippen LogP contribution in [0, 0.1) is 5.82 Å². The normalized spacial score (nSPS) is 10.9. The molecule has 0 saturated carbocycles. The van der Waals surface area contributed by atoms with Crippen molar-refractivity contribution in [1.29, 1.82) is 0 Å². The van der Waals surface area contributed by atoms with E-state index in [1.165, 1.54) is 10.7 Å². The first-order valence-corrected chi connectivity index (χ1v) is 9.74. The molecule has 3 aromatic rings. The summed E-state index contributed by atoms with van der Waals surface area (Å²) in [6, 6.07) is 13.8. The van der Waals surface area contributed by atoms with Gasteiger partial charge in [0.15, 0.2) is 0 Å². The average Bonchev–Trinajstić information content (AvgIpc) is 2.67. The first kappa shape index (κ1) is 19.1. The maximum atomic E-state index is 13.5. The molecule has 1 heterocycles. The summed E-state index contributed by atoms with van der Waals surface area (Å²) in [7, 11) is 1.58. The summed E-state index contributed by atoms with van der Waals surface area (Å²) in [5, 5.41) is 8.33. The number of aryl methyl sites for hydroxylation is 1. The van der Waals surface area contributed by atoms with E-state index in [2.05, 4.69) is 10.4 Å². The van der Waals surface area contributed by atoms with Gasteiger partial charge in [0.25, 0.3) is 5.56 Å². The van der Waals surface area contributed by atoms with Gasteiger partial charge < -0.3 is 5.32 Å². The van der Waals surface area contributed by atoms with E-state index in [9.17, 15) is 14.0 Å². The van der Waals surface area contributed by atoms with Gasteiger partial charge in [0.1, 0.15) is 5.82 Å². The molecule has 0 spiro atoms. The Labute approximate surface area is 160 Å². The molecule has 1 aromatic heterocycles. The number of nitrogens with zero attached hydrogens (tertiary/aromatic N) is 2. The van der Waals surface area contributed by atoms with E-state index in [1.54, 1.807) is 49.1 Å². The van der Waals surface area contributed by atoms with Crippen LogP contribution in [-0.2, 0) is 24.0 Å². The molecular weight excluding hydrogens is 365 g/mol. The Bertz CT molecular complexity index is 1020. The second-order valence-electron chi connectivity index (χ2n) is 6.09. The fraction of sp³-hybridized carbons (Fsp3) is 0.250. The van der Waals surface area contributed by atoms with E-state index < -0.39 is 0 Å². The van der Waals surface area contributed by atoms with E-state index in [-0.39, 0.29) is 23.7 Å². The Kier molecular flexibility index (Phi) is 6.24. The van der Waals surface area contributed by atoms with Crippen LogP contribution in [0.5, 0.6) is 0 Å². The van der Waals surface area contributed by atoms with Gasteiger partial charge in [-0.3, -0.25) is 9.59 Å². The number of nitrogens with one attached hydrogen (secondary N) is 1. The zero-order valence-electron chi connectivity index (χ0n) is 14.9. The van der Waals surface area contributed by atoms with Crippen molar-refractivity contribution in [2.45, 2.75) is 12.2 Å². The molecule has 1 amide bonds. The highest BCUT2D eigenvalue weighted by Gasteiger charge is 2.12. The Hall–Kier alpha value is -2.67. The summed E-state index contributed by atoms with van der Waals surface area (Å²) in [6.07, 6.45) is 0.104. The lowest BCUT2D eigenvalue weighted by Gasteiger charge is -2.09. The summed E-state index contributed by atoms with van der Waals surface area (Å²) >= 11 is 1.56. The largest absolute Gasteiger partial charge is 0.355 e. The number of hydrogen-bond donors (Lipinski definition) is 1. The minimum absolute atomic E-state index is 0.104. The molecule has 140 valence electrons. The van der Waals surface area contributed by atoms with Crippen LogP contribution in [0.25, 0.3) is 10.8 Å². The number of carbonyl (C=O) groups excluding carboxylic acids is 1. The molecule has 0 radical (unpaired) electrons. The molecule has 5 nitrogen and oxygen atoms in total. The summed E-state index contributed by atoms with van der Waals surface area (Å²) < 4.78 is 14.8. The van der Waals surface area contributed by atoms with E-state index in [4.69, 9.17) is 0 Å². The van der Waals surface area contributed by atoms with Crippen LogP contribution in [0.1, 0.15) is 11.3 Å². The Morgan fingerprint density at radius 3 is 2.63 bits per heavy atom. The van der Waals surface area contributed by atoms with Gasteiger partial charge in [-0.25, -0.2) is 9.07 Å². The molecule has 0 saturated heterocycles. The minimum Gasteiger partial charge on any atom is -0.355 e.